The van der Waals surface area contributed by atoms with Crippen molar-refractivity contribution in [3.05, 3.63) is 33.5 Å². The molecule has 4 nitrogen and oxygen atoms in total. The zero-order valence-corrected chi connectivity index (χ0v) is 13.6. The Morgan fingerprint density at radius 3 is 2.67 bits per heavy atom. The van der Waals surface area contributed by atoms with Gasteiger partial charge in [0.15, 0.2) is 0 Å². The van der Waals surface area contributed by atoms with Crippen LogP contribution in [0.15, 0.2) is 18.2 Å². The van der Waals surface area contributed by atoms with Gasteiger partial charge < -0.3 is 10.4 Å². The van der Waals surface area contributed by atoms with E-state index in [1.165, 1.54) is 15.3 Å². The van der Waals surface area contributed by atoms with Gasteiger partial charge in [-0.05, 0) is 51.7 Å². The maximum Gasteiger partial charge on any atom is 0.326 e. The van der Waals surface area contributed by atoms with Crippen molar-refractivity contribution in [3.63, 3.8) is 0 Å². The Morgan fingerprint density at radius 1 is 1.43 bits per heavy atom. The van der Waals surface area contributed by atoms with Crippen molar-refractivity contribution in [1.29, 1.82) is 0 Å². The largest absolute Gasteiger partial charge is 0.480 e. The van der Waals surface area contributed by atoms with E-state index in [9.17, 15) is 9.59 Å². The molecule has 1 aromatic rings. The number of aryl methyl sites for hydroxylation is 3. The Balaban J connectivity index is 2.39. The first kappa shape index (κ1) is 17.4. The number of rotatable bonds is 8. The van der Waals surface area contributed by atoms with Crippen molar-refractivity contribution in [2.75, 3.05) is 0 Å². The van der Waals surface area contributed by atoms with Crippen LogP contribution >= 0.6 is 11.3 Å². The smallest absolute Gasteiger partial charge is 0.326 e. The van der Waals surface area contributed by atoms with Crippen molar-refractivity contribution in [3.8, 4) is 0 Å². The second-order valence-corrected chi connectivity index (χ2v) is 6.52. The number of allylic oxidation sites excluding steroid dienone is 1. The average molecular weight is 309 g/mol. The number of thiophene rings is 1. The van der Waals surface area contributed by atoms with E-state index in [4.69, 9.17) is 5.11 Å². The van der Waals surface area contributed by atoms with E-state index in [2.05, 4.69) is 25.2 Å². The second kappa shape index (κ2) is 8.62. The van der Waals surface area contributed by atoms with Gasteiger partial charge in [-0.25, -0.2) is 4.79 Å². The minimum Gasteiger partial charge on any atom is -0.480 e. The van der Waals surface area contributed by atoms with E-state index in [1.54, 1.807) is 23.5 Å². The molecule has 1 amide bonds. The van der Waals surface area contributed by atoms with Crippen molar-refractivity contribution >= 4 is 23.2 Å². The number of carbonyl (C=O) groups excluding carboxylic acids is 1. The summed E-state index contributed by atoms with van der Waals surface area (Å²) in [4.78, 5) is 25.4. The van der Waals surface area contributed by atoms with Crippen LogP contribution in [0.4, 0.5) is 0 Å². The minimum absolute atomic E-state index is 0.198. The molecule has 0 saturated heterocycles. The lowest BCUT2D eigenvalue weighted by Crippen LogP contribution is -2.40. The molecular weight excluding hydrogens is 286 g/mol. The number of nitrogens with one attached hydrogen (secondary N) is 1. The molecule has 0 aromatic carbocycles. The molecular formula is C16H23NO3S. The highest BCUT2D eigenvalue weighted by Crippen LogP contribution is 2.22. The van der Waals surface area contributed by atoms with E-state index in [1.807, 2.05) is 6.92 Å². The van der Waals surface area contributed by atoms with Crippen LogP contribution in [0, 0.1) is 13.8 Å². The number of hydrogen-bond donors (Lipinski definition) is 2. The molecule has 1 heterocycles. The molecule has 1 atom stereocenters. The van der Waals surface area contributed by atoms with Gasteiger partial charge in [-0.15, -0.1) is 11.3 Å². The minimum atomic E-state index is -0.995. The lowest BCUT2D eigenvalue weighted by atomic mass is 10.1. The van der Waals surface area contributed by atoms with E-state index >= 15 is 0 Å². The maximum atomic E-state index is 11.8. The summed E-state index contributed by atoms with van der Waals surface area (Å²) in [6.07, 6.45) is 5.80. The third-order valence-electron chi connectivity index (χ3n) is 3.23. The maximum absolute atomic E-state index is 11.8. The molecule has 1 aromatic heterocycles. The Kier molecular flexibility index (Phi) is 7.15. The average Bonchev–Trinajstić information content (AvgIpc) is 2.72. The molecule has 1 unspecified atom stereocenters. The van der Waals surface area contributed by atoms with Crippen molar-refractivity contribution in [2.45, 2.75) is 52.5 Å². The molecule has 0 aliphatic rings. The van der Waals surface area contributed by atoms with E-state index in [0.717, 1.165) is 12.8 Å². The van der Waals surface area contributed by atoms with Gasteiger partial charge in [0.05, 0.1) is 0 Å². The summed E-state index contributed by atoms with van der Waals surface area (Å²) in [5, 5.41) is 11.6. The topological polar surface area (TPSA) is 66.4 Å². The molecule has 0 fully saturated rings. The van der Waals surface area contributed by atoms with Gasteiger partial charge in [0.2, 0.25) is 5.91 Å². The van der Waals surface area contributed by atoms with Gasteiger partial charge in [0.25, 0.3) is 0 Å². The SMILES string of the molecule is C/C=C/CC(NC(=O)CCCc1cc(C)sc1C)C(=O)O. The van der Waals surface area contributed by atoms with Gasteiger partial charge in [-0.3, -0.25) is 4.79 Å². The molecule has 0 bridgehead atoms. The van der Waals surface area contributed by atoms with E-state index < -0.39 is 12.0 Å². The first-order chi connectivity index (χ1) is 9.93. The highest BCUT2D eigenvalue weighted by molar-refractivity contribution is 7.12. The third-order valence-corrected chi connectivity index (χ3v) is 4.24. The molecule has 0 saturated carbocycles. The van der Waals surface area contributed by atoms with Gasteiger partial charge in [0.1, 0.15) is 6.04 Å². The van der Waals surface area contributed by atoms with Gasteiger partial charge in [0, 0.05) is 16.2 Å². The summed E-state index contributed by atoms with van der Waals surface area (Å²) < 4.78 is 0. The summed E-state index contributed by atoms with van der Waals surface area (Å²) in [5.74, 6) is -1.19. The van der Waals surface area contributed by atoms with Gasteiger partial charge in [-0.1, -0.05) is 12.2 Å². The summed E-state index contributed by atoms with van der Waals surface area (Å²) in [6, 6.07) is 1.32. The van der Waals surface area contributed by atoms with E-state index in [0.29, 0.717) is 12.8 Å². The van der Waals surface area contributed by atoms with E-state index in [-0.39, 0.29) is 5.91 Å². The monoisotopic (exact) mass is 309 g/mol. The highest BCUT2D eigenvalue weighted by atomic mass is 32.1. The van der Waals surface area contributed by atoms with Gasteiger partial charge >= 0.3 is 5.97 Å². The number of carboxylic acids is 1. The fourth-order valence-electron chi connectivity index (χ4n) is 2.13. The summed E-state index contributed by atoms with van der Waals surface area (Å²) in [7, 11) is 0. The number of carbonyl (C=O) groups is 2. The Morgan fingerprint density at radius 2 is 2.14 bits per heavy atom. The van der Waals surface area contributed by atoms with Crippen molar-refractivity contribution < 1.29 is 14.7 Å². The molecule has 1 rings (SSSR count). The molecule has 0 spiro atoms. The number of amides is 1. The highest BCUT2D eigenvalue weighted by Gasteiger charge is 2.18. The van der Waals surface area contributed by atoms with Crippen LogP contribution in [0.2, 0.25) is 0 Å². The fraction of sp³-hybridized carbons (Fsp3) is 0.500. The number of carboxylic acid groups (broad SMARTS) is 1. The Bertz CT molecular complexity index is 520. The molecule has 5 heteroatoms. The van der Waals surface area contributed by atoms with Crippen LogP contribution in [-0.4, -0.2) is 23.0 Å². The second-order valence-electron chi connectivity index (χ2n) is 5.06. The third kappa shape index (κ3) is 6.12. The Hall–Kier alpha value is -1.62. The zero-order valence-electron chi connectivity index (χ0n) is 12.8. The summed E-state index contributed by atoms with van der Waals surface area (Å²) >= 11 is 1.77. The van der Waals surface area contributed by atoms with Crippen molar-refractivity contribution in [1.82, 2.24) is 5.32 Å². The molecule has 21 heavy (non-hydrogen) atoms. The lowest BCUT2D eigenvalue weighted by Gasteiger charge is -2.12. The predicted octanol–water partition coefficient (Wildman–Crippen LogP) is 3.22. The normalized spacial score (nSPS) is 12.5. The number of hydrogen-bond acceptors (Lipinski definition) is 3. The molecule has 0 aliphatic heterocycles. The summed E-state index contributed by atoms with van der Waals surface area (Å²) in [5.41, 5.74) is 1.29. The summed E-state index contributed by atoms with van der Waals surface area (Å²) in [6.45, 7) is 5.99. The Labute approximate surface area is 129 Å². The molecule has 0 aliphatic carbocycles. The standard InChI is InChI=1S/C16H23NO3S/c1-4-5-8-14(16(19)20)17-15(18)9-6-7-13-10-11(2)21-12(13)3/h4-5,10,14H,6-9H2,1-3H3,(H,17,18)(H,19,20)/b5-4+. The number of aliphatic carboxylic acids is 1. The van der Waals surface area contributed by atoms with Crippen LogP contribution in [0.5, 0.6) is 0 Å². The van der Waals surface area contributed by atoms with Crippen LogP contribution in [-0.2, 0) is 16.0 Å². The van der Waals surface area contributed by atoms with Crippen molar-refractivity contribution in [2.24, 2.45) is 0 Å². The first-order valence-electron chi connectivity index (χ1n) is 7.13. The quantitative estimate of drug-likeness (QED) is 0.725. The molecule has 0 radical (unpaired) electrons. The lowest BCUT2D eigenvalue weighted by molar-refractivity contribution is -0.141. The zero-order chi connectivity index (χ0) is 15.8. The van der Waals surface area contributed by atoms with Crippen LogP contribution in [0.1, 0.15) is 41.5 Å². The van der Waals surface area contributed by atoms with Crippen LogP contribution in [0.3, 0.4) is 0 Å². The molecule has 116 valence electrons. The van der Waals surface area contributed by atoms with Gasteiger partial charge in [-0.2, -0.15) is 0 Å². The van der Waals surface area contributed by atoms with Crippen LogP contribution in [0.25, 0.3) is 0 Å². The molecule has 2 N–H and O–H groups in total. The first-order valence-corrected chi connectivity index (χ1v) is 7.95. The predicted molar refractivity (Wildman–Crippen MR) is 85.7 cm³/mol. The fourth-order valence-corrected chi connectivity index (χ4v) is 3.11. The van der Waals surface area contributed by atoms with Crippen LogP contribution < -0.4 is 5.32 Å².